The molecule has 0 unspecified atom stereocenters. The Labute approximate surface area is 135 Å². The van der Waals surface area contributed by atoms with E-state index in [-0.39, 0.29) is 12.4 Å². The number of esters is 1. The number of carbonyl (C=O) groups is 1. The Morgan fingerprint density at radius 2 is 1.77 bits per heavy atom. The van der Waals surface area contributed by atoms with Crippen LogP contribution in [0.1, 0.15) is 15.9 Å². The summed E-state index contributed by atoms with van der Waals surface area (Å²) in [6.07, 6.45) is 0. The maximum Gasteiger partial charge on any atom is 0.338 e. The van der Waals surface area contributed by atoms with Gasteiger partial charge in [-0.2, -0.15) is 0 Å². The topological polar surface area (TPSA) is 44.8 Å². The summed E-state index contributed by atoms with van der Waals surface area (Å²) in [5.74, 6) is -0.231. The van der Waals surface area contributed by atoms with Gasteiger partial charge in [-0.3, -0.25) is 0 Å². The second-order valence-electron chi connectivity index (χ2n) is 4.39. The minimum absolute atomic E-state index is 0.0244. The van der Waals surface area contributed by atoms with Gasteiger partial charge >= 0.3 is 5.97 Å². The summed E-state index contributed by atoms with van der Waals surface area (Å²) in [6.45, 7) is -0.0244. The lowest BCUT2D eigenvalue weighted by molar-refractivity contribution is 0.0472. The predicted octanol–water partition coefficient (Wildman–Crippen LogP) is 3.96. The minimum Gasteiger partial charge on any atom is -0.496 e. The van der Waals surface area contributed by atoms with Gasteiger partial charge in [0, 0.05) is 0 Å². The van der Waals surface area contributed by atoms with Gasteiger partial charge in [0.25, 0.3) is 0 Å². The lowest BCUT2D eigenvalue weighted by Gasteiger charge is -2.08. The Morgan fingerprint density at radius 3 is 2.36 bits per heavy atom. The normalized spacial score (nSPS) is 10.2. The van der Waals surface area contributed by atoms with Gasteiger partial charge in [0.1, 0.15) is 12.4 Å². The molecule has 0 aliphatic heterocycles. The number of hydrogen-bond acceptors (Lipinski definition) is 4. The maximum absolute atomic E-state index is 13.5. The number of benzene rings is 2. The van der Waals surface area contributed by atoms with Gasteiger partial charge in [0.05, 0.1) is 24.3 Å². The van der Waals surface area contributed by atoms with Gasteiger partial charge in [0.2, 0.25) is 0 Å². The molecule has 0 aliphatic rings. The van der Waals surface area contributed by atoms with Crippen molar-refractivity contribution >= 4 is 21.9 Å². The zero-order chi connectivity index (χ0) is 16.1. The molecule has 4 nitrogen and oxygen atoms in total. The molecule has 0 heterocycles. The molecule has 0 amide bonds. The Balaban J connectivity index is 2.03. The van der Waals surface area contributed by atoms with Gasteiger partial charge in [-0.1, -0.05) is 6.07 Å². The molecule has 6 heteroatoms. The Bertz CT molecular complexity index is 688. The Morgan fingerprint density at radius 1 is 1.09 bits per heavy atom. The van der Waals surface area contributed by atoms with Crippen LogP contribution in [0.4, 0.5) is 4.39 Å². The highest BCUT2D eigenvalue weighted by Crippen LogP contribution is 2.26. The lowest BCUT2D eigenvalue weighted by Crippen LogP contribution is -2.05. The first-order valence-corrected chi connectivity index (χ1v) is 7.17. The molecule has 0 bridgehead atoms. The molecular formula is C16H14BrFO4. The van der Waals surface area contributed by atoms with Crippen molar-refractivity contribution in [3.8, 4) is 11.5 Å². The fourth-order valence-electron chi connectivity index (χ4n) is 1.83. The van der Waals surface area contributed by atoms with Crippen molar-refractivity contribution in [2.45, 2.75) is 6.61 Å². The predicted molar refractivity (Wildman–Crippen MR) is 82.8 cm³/mol. The third kappa shape index (κ3) is 3.76. The summed E-state index contributed by atoms with van der Waals surface area (Å²) in [5, 5.41) is 0. The second kappa shape index (κ2) is 7.26. The molecule has 0 N–H and O–H groups in total. The summed E-state index contributed by atoms with van der Waals surface area (Å²) in [7, 11) is 2.93. The van der Waals surface area contributed by atoms with Gasteiger partial charge in [-0.15, -0.1) is 0 Å². The Hall–Kier alpha value is -2.08. The molecular weight excluding hydrogens is 355 g/mol. The van der Waals surface area contributed by atoms with Crippen molar-refractivity contribution in [3.63, 3.8) is 0 Å². The van der Waals surface area contributed by atoms with Crippen molar-refractivity contribution < 1.29 is 23.4 Å². The van der Waals surface area contributed by atoms with E-state index >= 15 is 0 Å². The van der Waals surface area contributed by atoms with Crippen LogP contribution >= 0.6 is 15.9 Å². The van der Waals surface area contributed by atoms with E-state index in [9.17, 15) is 9.18 Å². The molecule has 2 aromatic rings. The van der Waals surface area contributed by atoms with E-state index in [0.717, 1.165) is 0 Å². The van der Waals surface area contributed by atoms with Crippen molar-refractivity contribution in [1.29, 1.82) is 0 Å². The van der Waals surface area contributed by atoms with E-state index < -0.39 is 11.8 Å². The number of hydrogen-bond donors (Lipinski definition) is 0. The van der Waals surface area contributed by atoms with Gasteiger partial charge in [-0.25, -0.2) is 9.18 Å². The molecule has 22 heavy (non-hydrogen) atoms. The lowest BCUT2D eigenvalue weighted by atomic mass is 10.2. The van der Waals surface area contributed by atoms with Crippen LogP contribution in [0.15, 0.2) is 40.9 Å². The van der Waals surface area contributed by atoms with E-state index in [2.05, 4.69) is 15.9 Å². The van der Waals surface area contributed by atoms with Crippen molar-refractivity contribution in [1.82, 2.24) is 0 Å². The zero-order valence-corrected chi connectivity index (χ0v) is 13.6. The number of halogens is 2. The summed E-state index contributed by atoms with van der Waals surface area (Å²) in [5.41, 5.74) is 0.917. The number of ether oxygens (including phenoxy) is 3. The zero-order valence-electron chi connectivity index (χ0n) is 12.1. The largest absolute Gasteiger partial charge is 0.496 e. The molecule has 0 aromatic heterocycles. The molecule has 0 atom stereocenters. The average Bonchev–Trinajstić information content (AvgIpc) is 2.52. The number of methoxy groups -OCH3 is 2. The minimum atomic E-state index is -0.500. The number of rotatable bonds is 5. The van der Waals surface area contributed by atoms with Crippen molar-refractivity contribution in [2.24, 2.45) is 0 Å². The van der Waals surface area contributed by atoms with Crippen LogP contribution in [-0.4, -0.2) is 20.2 Å². The van der Waals surface area contributed by atoms with E-state index in [1.165, 1.54) is 26.4 Å². The third-order valence-corrected chi connectivity index (χ3v) is 3.59. The van der Waals surface area contributed by atoms with Crippen LogP contribution in [0.25, 0.3) is 0 Å². The SMILES string of the molecule is COc1ccc(COC(=O)c2ccc(OC)c(Br)c2)cc1F. The summed E-state index contributed by atoms with van der Waals surface area (Å²) >= 11 is 3.30. The highest BCUT2D eigenvalue weighted by Gasteiger charge is 2.11. The molecule has 0 saturated carbocycles. The second-order valence-corrected chi connectivity index (χ2v) is 5.25. The monoisotopic (exact) mass is 368 g/mol. The van der Waals surface area contributed by atoms with Crippen LogP contribution < -0.4 is 9.47 Å². The highest BCUT2D eigenvalue weighted by molar-refractivity contribution is 9.10. The molecule has 116 valence electrons. The van der Waals surface area contributed by atoms with E-state index in [1.54, 1.807) is 24.3 Å². The molecule has 0 aliphatic carbocycles. The van der Waals surface area contributed by atoms with Crippen molar-refractivity contribution in [3.05, 3.63) is 57.8 Å². The van der Waals surface area contributed by atoms with Crippen molar-refractivity contribution in [2.75, 3.05) is 14.2 Å². The van der Waals surface area contributed by atoms with Crippen LogP contribution in [0, 0.1) is 5.82 Å². The smallest absolute Gasteiger partial charge is 0.338 e. The molecule has 0 spiro atoms. The quantitative estimate of drug-likeness (QED) is 0.749. The first-order valence-electron chi connectivity index (χ1n) is 6.38. The molecule has 2 rings (SSSR count). The molecule has 0 saturated heterocycles. The standard InChI is InChI=1S/C16H14BrFO4/c1-20-14-6-4-11(8-12(14)17)16(19)22-9-10-3-5-15(21-2)13(18)7-10/h3-8H,9H2,1-2H3. The highest BCUT2D eigenvalue weighted by atomic mass is 79.9. The summed E-state index contributed by atoms with van der Waals surface area (Å²) in [6, 6.07) is 9.27. The third-order valence-electron chi connectivity index (χ3n) is 2.97. The van der Waals surface area contributed by atoms with Crippen LogP contribution in [-0.2, 0) is 11.3 Å². The maximum atomic E-state index is 13.5. The fourth-order valence-corrected chi connectivity index (χ4v) is 2.37. The van der Waals surface area contributed by atoms with Gasteiger partial charge < -0.3 is 14.2 Å². The van der Waals surface area contributed by atoms with Gasteiger partial charge in [-0.05, 0) is 51.8 Å². The molecule has 0 radical (unpaired) electrons. The molecule has 2 aromatic carbocycles. The van der Waals surface area contributed by atoms with E-state index in [0.29, 0.717) is 21.3 Å². The number of carbonyl (C=O) groups excluding carboxylic acids is 1. The average molecular weight is 369 g/mol. The summed E-state index contributed by atoms with van der Waals surface area (Å²) < 4.78 is 29.3. The van der Waals surface area contributed by atoms with Crippen LogP contribution in [0.5, 0.6) is 11.5 Å². The van der Waals surface area contributed by atoms with Crippen LogP contribution in [0.3, 0.4) is 0 Å². The van der Waals surface area contributed by atoms with Crippen LogP contribution in [0.2, 0.25) is 0 Å². The first kappa shape index (κ1) is 16.3. The fraction of sp³-hybridized carbons (Fsp3) is 0.188. The molecule has 0 fully saturated rings. The van der Waals surface area contributed by atoms with E-state index in [4.69, 9.17) is 14.2 Å². The first-order chi connectivity index (χ1) is 10.5. The summed E-state index contributed by atoms with van der Waals surface area (Å²) in [4.78, 5) is 12.0. The van der Waals surface area contributed by atoms with Gasteiger partial charge in [0.15, 0.2) is 11.6 Å². The van der Waals surface area contributed by atoms with E-state index in [1.807, 2.05) is 0 Å². The Kier molecular flexibility index (Phi) is 5.38.